The first-order valence-corrected chi connectivity index (χ1v) is 12.9. The molecule has 7 heteroatoms. The van der Waals surface area contributed by atoms with E-state index < -0.39 is 23.9 Å². The van der Waals surface area contributed by atoms with Crippen molar-refractivity contribution in [3.8, 4) is 11.5 Å². The molecule has 2 fully saturated rings. The first-order valence-electron chi connectivity index (χ1n) is 12.9. The normalized spacial score (nSPS) is 18.7. The zero-order valence-corrected chi connectivity index (χ0v) is 22.7. The summed E-state index contributed by atoms with van der Waals surface area (Å²) in [6.07, 6.45) is 2.60. The van der Waals surface area contributed by atoms with Crippen LogP contribution in [0.2, 0.25) is 0 Å². The molecule has 194 valence electrons. The van der Waals surface area contributed by atoms with Gasteiger partial charge >= 0.3 is 13.1 Å². The van der Waals surface area contributed by atoms with Gasteiger partial charge in [-0.3, -0.25) is 4.79 Å². The van der Waals surface area contributed by atoms with Gasteiger partial charge < -0.3 is 23.5 Å². The summed E-state index contributed by atoms with van der Waals surface area (Å²) in [7, 11) is -0.488. The minimum absolute atomic E-state index is 0.150. The third kappa shape index (κ3) is 6.83. The Hall–Kier alpha value is -2.51. The second-order valence-electron chi connectivity index (χ2n) is 11.9. The fourth-order valence-electron chi connectivity index (χ4n) is 3.95. The topological polar surface area (TPSA) is 63.2 Å². The van der Waals surface area contributed by atoms with Crippen LogP contribution in [0.5, 0.6) is 11.5 Å². The number of benzene rings is 2. The van der Waals surface area contributed by atoms with E-state index in [9.17, 15) is 4.79 Å². The third-order valence-corrected chi connectivity index (χ3v) is 6.82. The Morgan fingerprint density at radius 3 is 2.31 bits per heavy atom. The minimum atomic E-state index is -0.530. The van der Waals surface area contributed by atoms with E-state index in [-0.39, 0.29) is 12.4 Å². The summed E-state index contributed by atoms with van der Waals surface area (Å²) in [6.45, 7) is 14.8. The highest BCUT2D eigenvalue weighted by molar-refractivity contribution is 6.62. The van der Waals surface area contributed by atoms with Crippen molar-refractivity contribution in [1.29, 1.82) is 0 Å². The summed E-state index contributed by atoms with van der Waals surface area (Å²) in [5.41, 5.74) is 1.25. The molecule has 2 aliphatic rings. The number of hydrogen-bond donors (Lipinski definition) is 0. The van der Waals surface area contributed by atoms with E-state index in [0.717, 1.165) is 22.3 Å². The lowest BCUT2D eigenvalue weighted by molar-refractivity contribution is -0.153. The van der Waals surface area contributed by atoms with Crippen molar-refractivity contribution in [3.63, 3.8) is 0 Å². The van der Waals surface area contributed by atoms with Gasteiger partial charge in [0.15, 0.2) is 0 Å². The smallest absolute Gasteiger partial charge is 0.493 e. The van der Waals surface area contributed by atoms with Crippen LogP contribution in [0.4, 0.5) is 0 Å². The molecule has 0 bridgehead atoms. The third-order valence-electron chi connectivity index (χ3n) is 6.82. The summed E-state index contributed by atoms with van der Waals surface area (Å²) < 4.78 is 30.4. The predicted molar refractivity (Wildman–Crippen MR) is 141 cm³/mol. The lowest BCUT2D eigenvalue weighted by Crippen LogP contribution is -2.41. The Kier molecular flexibility index (Phi) is 7.45. The molecule has 0 amide bonds. The molecular weight excluding hydrogens is 455 g/mol. The molecule has 0 spiro atoms. The number of carbonyl (C=O) groups is 1. The number of ether oxygens (including phenoxy) is 3. The first-order chi connectivity index (χ1) is 16.8. The largest absolute Gasteiger partial charge is 0.494 e. The molecule has 0 unspecified atom stereocenters. The highest BCUT2D eigenvalue weighted by Crippen LogP contribution is 2.37. The summed E-state index contributed by atoms with van der Waals surface area (Å²) >= 11 is 0. The van der Waals surface area contributed by atoms with E-state index >= 15 is 0 Å². The van der Waals surface area contributed by atoms with E-state index in [4.69, 9.17) is 23.5 Å². The van der Waals surface area contributed by atoms with Crippen LogP contribution in [0.15, 0.2) is 42.5 Å². The molecule has 36 heavy (non-hydrogen) atoms. The number of carbonyl (C=O) groups excluding carboxylic acids is 1. The van der Waals surface area contributed by atoms with Crippen molar-refractivity contribution >= 4 is 18.6 Å². The van der Waals surface area contributed by atoms with Gasteiger partial charge in [0.2, 0.25) is 0 Å². The van der Waals surface area contributed by atoms with Crippen LogP contribution in [0.3, 0.4) is 0 Å². The van der Waals surface area contributed by atoms with Crippen LogP contribution in [-0.4, -0.2) is 36.5 Å². The quantitative estimate of drug-likeness (QED) is 0.351. The van der Waals surface area contributed by atoms with Crippen LogP contribution < -0.4 is 14.9 Å². The molecule has 1 heterocycles. The van der Waals surface area contributed by atoms with Gasteiger partial charge in [0.1, 0.15) is 23.7 Å². The van der Waals surface area contributed by atoms with Crippen LogP contribution in [0.1, 0.15) is 72.4 Å². The van der Waals surface area contributed by atoms with Gasteiger partial charge in [0, 0.05) is 5.56 Å². The number of hydrogen-bond acceptors (Lipinski definition) is 6. The fourth-order valence-corrected chi connectivity index (χ4v) is 3.95. The maximum absolute atomic E-state index is 12.4. The molecule has 1 saturated heterocycles. The maximum atomic E-state index is 12.4. The molecule has 6 nitrogen and oxygen atoms in total. The molecular formula is C29H39BO6. The van der Waals surface area contributed by atoms with Crippen LogP contribution in [0.25, 0.3) is 0 Å². The Labute approximate surface area is 215 Å². The molecule has 0 aromatic heterocycles. The molecule has 0 N–H and O–H groups in total. The lowest BCUT2D eigenvalue weighted by Gasteiger charge is -2.32. The maximum Gasteiger partial charge on any atom is 0.494 e. The van der Waals surface area contributed by atoms with E-state index in [2.05, 4.69) is 0 Å². The Morgan fingerprint density at radius 2 is 1.67 bits per heavy atom. The molecule has 1 saturated carbocycles. The monoisotopic (exact) mass is 494 g/mol. The van der Waals surface area contributed by atoms with Crippen molar-refractivity contribution in [3.05, 3.63) is 53.6 Å². The number of rotatable bonds is 9. The van der Waals surface area contributed by atoms with Gasteiger partial charge in [-0.1, -0.05) is 24.3 Å². The lowest BCUT2D eigenvalue weighted by atomic mass is 9.78. The van der Waals surface area contributed by atoms with Crippen LogP contribution in [0, 0.1) is 5.92 Å². The summed E-state index contributed by atoms with van der Waals surface area (Å²) in [5.74, 6) is 1.81. The van der Waals surface area contributed by atoms with E-state index in [1.54, 1.807) is 0 Å². The first kappa shape index (κ1) is 26.6. The molecule has 2 aromatic rings. The molecule has 0 radical (unpaired) electrons. The Bertz CT molecular complexity index is 1070. The molecule has 1 aliphatic heterocycles. The summed E-state index contributed by atoms with van der Waals surface area (Å²) in [5, 5.41) is 0. The van der Waals surface area contributed by atoms with E-state index in [0.29, 0.717) is 24.9 Å². The highest BCUT2D eigenvalue weighted by atomic mass is 16.7. The second-order valence-corrected chi connectivity index (χ2v) is 11.9. The van der Waals surface area contributed by atoms with Crippen molar-refractivity contribution in [1.82, 2.24) is 0 Å². The van der Waals surface area contributed by atoms with Gasteiger partial charge in [-0.25, -0.2) is 0 Å². The Morgan fingerprint density at radius 1 is 1.00 bits per heavy atom. The Balaban J connectivity index is 1.51. The summed E-state index contributed by atoms with van der Waals surface area (Å²) in [6, 6.07) is 13.6. The van der Waals surface area contributed by atoms with E-state index in [1.165, 1.54) is 12.8 Å². The average Bonchev–Trinajstić information content (AvgIpc) is 3.56. The van der Waals surface area contributed by atoms with Crippen LogP contribution >= 0.6 is 0 Å². The molecule has 2 aromatic carbocycles. The number of para-hydroxylation sites is 1. The van der Waals surface area contributed by atoms with Gasteiger partial charge in [0.25, 0.3) is 0 Å². The summed E-state index contributed by atoms with van der Waals surface area (Å²) in [4.78, 5) is 12.4. The van der Waals surface area contributed by atoms with Crippen molar-refractivity contribution in [2.24, 2.45) is 5.92 Å². The van der Waals surface area contributed by atoms with Crippen molar-refractivity contribution in [2.45, 2.75) is 91.1 Å². The average molecular weight is 494 g/mol. The van der Waals surface area contributed by atoms with Crippen molar-refractivity contribution < 1.29 is 28.3 Å². The second kappa shape index (κ2) is 10.1. The van der Waals surface area contributed by atoms with E-state index in [1.807, 2.05) is 90.9 Å². The van der Waals surface area contributed by atoms with Crippen LogP contribution in [-0.2, 0) is 31.9 Å². The van der Waals surface area contributed by atoms with Crippen molar-refractivity contribution in [2.75, 3.05) is 6.61 Å². The zero-order chi connectivity index (χ0) is 26.1. The molecule has 0 atom stereocenters. The van der Waals surface area contributed by atoms with Gasteiger partial charge in [-0.15, -0.1) is 0 Å². The highest BCUT2D eigenvalue weighted by Gasteiger charge is 2.51. The van der Waals surface area contributed by atoms with Gasteiger partial charge in [-0.05, 0) is 96.5 Å². The SMILES string of the molecule is CC(C)(C)OC(=O)Cc1ccccc1OCc1cc(OCC2CC2)cc(B2OC(C)(C)C(C)(C)O2)c1. The fraction of sp³-hybridized carbons (Fsp3) is 0.552. The standard InChI is InChI=1S/C29H39BO6/c1-27(2,3)34-26(31)16-22-10-8-9-11-25(22)33-19-21-14-23(17-24(15-21)32-18-20-12-13-20)30-35-28(4,5)29(6,7)36-30/h8-11,14-15,17,20H,12-13,16,18-19H2,1-7H3. The molecule has 1 aliphatic carbocycles. The molecule has 4 rings (SSSR count). The van der Waals surface area contributed by atoms with Gasteiger partial charge in [0.05, 0.1) is 24.2 Å². The predicted octanol–water partition coefficient (Wildman–Crippen LogP) is 5.24. The van der Waals surface area contributed by atoms with Gasteiger partial charge in [-0.2, -0.15) is 0 Å². The minimum Gasteiger partial charge on any atom is -0.493 e. The zero-order valence-electron chi connectivity index (χ0n) is 22.7. The number of esters is 1.